The summed E-state index contributed by atoms with van der Waals surface area (Å²) in [5, 5.41) is 21.3. The summed E-state index contributed by atoms with van der Waals surface area (Å²) < 4.78 is 0. The Kier molecular flexibility index (Phi) is 9.78. The number of carbonyl (C=O) groups is 1. The van der Waals surface area contributed by atoms with Crippen molar-refractivity contribution in [2.24, 2.45) is 22.7 Å². The number of hydrogen-bond donors (Lipinski definition) is 2. The van der Waals surface area contributed by atoms with Gasteiger partial charge in [0, 0.05) is 23.1 Å². The minimum Gasteiger partial charge on any atom is -0.392 e. The van der Waals surface area contributed by atoms with E-state index in [-0.39, 0.29) is 17.1 Å². The lowest BCUT2D eigenvalue weighted by atomic mass is 9.69. The molecule has 0 amide bonds. The fourth-order valence-electron chi connectivity index (χ4n) is 2.90. The Morgan fingerprint density at radius 1 is 1.17 bits per heavy atom. The molecule has 2 N–H and O–H groups in total. The van der Waals surface area contributed by atoms with Gasteiger partial charge in [-0.3, -0.25) is 4.79 Å². The zero-order valence-corrected chi connectivity index (χ0v) is 17.1. The Morgan fingerprint density at radius 2 is 1.71 bits per heavy atom. The molecule has 0 bridgehead atoms. The summed E-state index contributed by atoms with van der Waals surface area (Å²) in [6.45, 7) is 15.3. The molecule has 0 aromatic rings. The minimum atomic E-state index is -0.902. The molecular formula is C20H37ClO3. The number of alkyl halides is 1. The number of unbranched alkanes of at least 4 members (excludes halogenated alkanes) is 1. The maximum atomic E-state index is 13.2. The Bertz CT molecular complexity index is 398. The lowest BCUT2D eigenvalue weighted by molar-refractivity contribution is -0.143. The van der Waals surface area contributed by atoms with Crippen LogP contribution in [0.4, 0.5) is 0 Å². The number of ketones is 1. The normalized spacial score (nSPS) is 17.9. The molecule has 3 nitrogen and oxygen atoms in total. The Hall–Kier alpha value is -0.380. The second kappa shape index (κ2) is 9.94. The highest BCUT2D eigenvalue weighted by Crippen LogP contribution is 2.36. The van der Waals surface area contributed by atoms with Gasteiger partial charge in [0.15, 0.2) is 0 Å². The Balaban J connectivity index is 5.34. The average Bonchev–Trinajstić information content (AvgIpc) is 2.47. The molecular weight excluding hydrogens is 324 g/mol. The van der Waals surface area contributed by atoms with E-state index < -0.39 is 23.5 Å². The Labute approximate surface area is 153 Å². The van der Waals surface area contributed by atoms with Crippen LogP contribution in [-0.2, 0) is 4.79 Å². The molecule has 0 heterocycles. The van der Waals surface area contributed by atoms with Crippen LogP contribution in [0.2, 0.25) is 0 Å². The maximum Gasteiger partial charge on any atom is 0.146 e. The summed E-state index contributed by atoms with van der Waals surface area (Å²) in [6, 6.07) is 0. The monoisotopic (exact) mass is 360 g/mol. The molecule has 0 rings (SSSR count). The van der Waals surface area contributed by atoms with E-state index in [0.29, 0.717) is 18.7 Å². The van der Waals surface area contributed by atoms with Gasteiger partial charge in [0.25, 0.3) is 0 Å². The first kappa shape index (κ1) is 23.6. The summed E-state index contributed by atoms with van der Waals surface area (Å²) in [5.41, 5.74) is -0.973. The van der Waals surface area contributed by atoms with E-state index in [9.17, 15) is 15.0 Å². The topological polar surface area (TPSA) is 57.5 Å². The zero-order chi connectivity index (χ0) is 19.1. The largest absolute Gasteiger partial charge is 0.392 e. The van der Waals surface area contributed by atoms with Crippen LogP contribution < -0.4 is 0 Å². The van der Waals surface area contributed by atoms with Crippen LogP contribution in [-0.4, -0.2) is 34.1 Å². The molecule has 24 heavy (non-hydrogen) atoms. The quantitative estimate of drug-likeness (QED) is 0.322. The molecule has 0 aliphatic carbocycles. The van der Waals surface area contributed by atoms with Gasteiger partial charge in [0.05, 0.1) is 12.2 Å². The van der Waals surface area contributed by atoms with Gasteiger partial charge >= 0.3 is 0 Å². The SMILES string of the molecule is C=C[C@H](C)[C@H](O)[C@@H](CCCCCl)C(=O)C(C)(C)[C@@H](O)CC(C)(C)C. The van der Waals surface area contributed by atoms with Gasteiger partial charge in [-0.1, -0.05) is 54.0 Å². The van der Waals surface area contributed by atoms with Crippen LogP contribution in [0.1, 0.15) is 67.2 Å². The molecule has 0 unspecified atom stereocenters. The van der Waals surface area contributed by atoms with E-state index in [1.807, 2.05) is 27.7 Å². The fourth-order valence-corrected chi connectivity index (χ4v) is 3.09. The fraction of sp³-hybridized carbons (Fsp3) is 0.850. The zero-order valence-electron chi connectivity index (χ0n) is 16.3. The van der Waals surface area contributed by atoms with E-state index in [1.165, 1.54) is 0 Å². The first-order valence-corrected chi connectivity index (χ1v) is 9.51. The van der Waals surface area contributed by atoms with Gasteiger partial charge in [-0.25, -0.2) is 0 Å². The van der Waals surface area contributed by atoms with Gasteiger partial charge in [0.1, 0.15) is 5.78 Å². The van der Waals surface area contributed by atoms with Crippen LogP contribution in [0.25, 0.3) is 0 Å². The number of hydrogen-bond acceptors (Lipinski definition) is 3. The number of carbonyl (C=O) groups excluding carboxylic acids is 1. The molecule has 0 fully saturated rings. The predicted molar refractivity (Wildman–Crippen MR) is 102 cm³/mol. The van der Waals surface area contributed by atoms with Gasteiger partial charge in [-0.15, -0.1) is 18.2 Å². The maximum absolute atomic E-state index is 13.2. The standard InChI is InChI=1S/C20H37ClO3/c1-8-14(2)17(23)15(11-9-10-12-21)18(24)20(6,7)16(22)13-19(3,4)5/h8,14-17,22-23H,1,9-13H2,2-7H3/t14-,15+,16-,17-/m0/s1. The minimum absolute atomic E-state index is 0.0713. The third-order valence-corrected chi connectivity index (χ3v) is 5.10. The van der Waals surface area contributed by atoms with E-state index >= 15 is 0 Å². The molecule has 0 spiro atoms. The predicted octanol–water partition coefficient (Wildman–Crippen LogP) is 4.59. The first-order valence-electron chi connectivity index (χ1n) is 8.97. The highest BCUT2D eigenvalue weighted by atomic mass is 35.5. The van der Waals surface area contributed by atoms with E-state index in [2.05, 4.69) is 6.58 Å². The van der Waals surface area contributed by atoms with Crippen molar-refractivity contribution in [2.75, 3.05) is 5.88 Å². The molecule has 0 aliphatic heterocycles. The molecule has 0 aromatic heterocycles. The molecule has 4 atom stereocenters. The van der Waals surface area contributed by atoms with Gasteiger partial charge < -0.3 is 10.2 Å². The molecule has 0 aromatic carbocycles. The summed E-state index contributed by atoms with van der Waals surface area (Å²) in [5.74, 6) is -0.212. The van der Waals surface area contributed by atoms with Crippen LogP contribution in [0.15, 0.2) is 12.7 Å². The number of Topliss-reactive ketones (excluding diaryl/α,β-unsaturated/α-hetero) is 1. The smallest absolute Gasteiger partial charge is 0.146 e. The molecule has 0 saturated heterocycles. The molecule has 0 radical (unpaired) electrons. The highest BCUT2D eigenvalue weighted by Gasteiger charge is 2.43. The summed E-state index contributed by atoms with van der Waals surface area (Å²) >= 11 is 5.74. The lowest BCUT2D eigenvalue weighted by Gasteiger charge is -2.37. The van der Waals surface area contributed by atoms with Crippen molar-refractivity contribution in [1.82, 2.24) is 0 Å². The van der Waals surface area contributed by atoms with Crippen molar-refractivity contribution in [1.29, 1.82) is 0 Å². The van der Waals surface area contributed by atoms with Crippen LogP contribution in [0.3, 0.4) is 0 Å². The molecule has 0 saturated carbocycles. The van der Waals surface area contributed by atoms with Crippen molar-refractivity contribution in [3.63, 3.8) is 0 Å². The van der Waals surface area contributed by atoms with Crippen molar-refractivity contribution in [3.05, 3.63) is 12.7 Å². The van der Waals surface area contributed by atoms with Gasteiger partial charge in [0.2, 0.25) is 0 Å². The molecule has 4 heteroatoms. The van der Waals surface area contributed by atoms with Crippen molar-refractivity contribution >= 4 is 17.4 Å². The van der Waals surface area contributed by atoms with Gasteiger partial charge in [-0.2, -0.15) is 0 Å². The molecule has 142 valence electrons. The third kappa shape index (κ3) is 7.25. The van der Waals surface area contributed by atoms with Crippen LogP contribution in [0.5, 0.6) is 0 Å². The van der Waals surface area contributed by atoms with Crippen molar-refractivity contribution < 1.29 is 15.0 Å². The van der Waals surface area contributed by atoms with Crippen LogP contribution >= 0.6 is 11.6 Å². The average molecular weight is 361 g/mol. The van der Waals surface area contributed by atoms with E-state index in [0.717, 1.165) is 12.8 Å². The molecule has 0 aliphatic rings. The van der Waals surface area contributed by atoms with Crippen LogP contribution in [0, 0.1) is 22.7 Å². The summed E-state index contributed by atoms with van der Waals surface area (Å²) in [6.07, 6.45) is 2.85. The summed E-state index contributed by atoms with van der Waals surface area (Å²) in [7, 11) is 0. The number of halogens is 1. The highest BCUT2D eigenvalue weighted by molar-refractivity contribution is 6.17. The number of aliphatic hydroxyl groups is 2. The van der Waals surface area contributed by atoms with Crippen molar-refractivity contribution in [2.45, 2.75) is 79.4 Å². The Morgan fingerprint density at radius 3 is 2.12 bits per heavy atom. The number of rotatable bonds is 11. The second-order valence-electron chi connectivity index (χ2n) is 8.74. The van der Waals surface area contributed by atoms with E-state index in [1.54, 1.807) is 19.9 Å². The van der Waals surface area contributed by atoms with Gasteiger partial charge in [-0.05, 0) is 24.7 Å². The summed E-state index contributed by atoms with van der Waals surface area (Å²) in [4.78, 5) is 13.2. The second-order valence-corrected chi connectivity index (χ2v) is 9.12. The van der Waals surface area contributed by atoms with Crippen molar-refractivity contribution in [3.8, 4) is 0 Å². The van der Waals surface area contributed by atoms with E-state index in [4.69, 9.17) is 11.6 Å². The third-order valence-electron chi connectivity index (χ3n) is 4.83. The first-order chi connectivity index (χ1) is 10.9. The number of aliphatic hydroxyl groups excluding tert-OH is 2. The lowest BCUT2D eigenvalue weighted by Crippen LogP contribution is -2.46.